The third-order valence-corrected chi connectivity index (χ3v) is 10.9. The van der Waals surface area contributed by atoms with Crippen molar-refractivity contribution >= 4 is 50.7 Å². The molecule has 2 amide bonds. The first-order chi connectivity index (χ1) is 22.7. The third kappa shape index (κ3) is 8.74. The van der Waals surface area contributed by atoms with E-state index in [2.05, 4.69) is 5.32 Å². The molecule has 5 rings (SSSR count). The standard InChI is InChI=1S/C37H39Cl2N3O4S/c1-2-27-17-21-32(22-18-27)42(47(45,46)33-15-7-4-8-16-33)26-36(43)41(25-29-19-20-30(38)24-34(29)39)35(23-28-11-5-3-6-12-28)37(44)40-31-13-9-10-14-31/h3-8,11-12,15-22,24,31,35H,2,9-10,13-14,23,25-26H2,1H3,(H,40,44). The van der Waals surface area contributed by atoms with Gasteiger partial charge in [0.25, 0.3) is 10.0 Å². The van der Waals surface area contributed by atoms with Crippen molar-refractivity contribution in [1.29, 1.82) is 0 Å². The average molecular weight is 693 g/mol. The van der Waals surface area contributed by atoms with Crippen molar-refractivity contribution in [2.24, 2.45) is 0 Å². The van der Waals surface area contributed by atoms with E-state index in [1.807, 2.05) is 49.4 Å². The lowest BCUT2D eigenvalue weighted by Crippen LogP contribution is -2.54. The third-order valence-electron chi connectivity index (χ3n) is 8.57. The summed E-state index contributed by atoms with van der Waals surface area (Å²) in [6.45, 7) is 1.45. The van der Waals surface area contributed by atoms with Gasteiger partial charge in [0.15, 0.2) is 0 Å². The van der Waals surface area contributed by atoms with E-state index in [4.69, 9.17) is 23.2 Å². The van der Waals surface area contributed by atoms with Crippen LogP contribution in [0, 0.1) is 0 Å². The number of carbonyl (C=O) groups is 2. The van der Waals surface area contributed by atoms with Gasteiger partial charge in [-0.15, -0.1) is 0 Å². The molecule has 47 heavy (non-hydrogen) atoms. The molecule has 0 aliphatic heterocycles. The van der Waals surface area contributed by atoms with Gasteiger partial charge in [0.05, 0.1) is 10.6 Å². The van der Waals surface area contributed by atoms with Crippen LogP contribution in [-0.4, -0.2) is 43.8 Å². The summed E-state index contributed by atoms with van der Waals surface area (Å²) in [5, 5.41) is 3.96. The quantitative estimate of drug-likeness (QED) is 0.158. The number of anilines is 1. The predicted octanol–water partition coefficient (Wildman–Crippen LogP) is 7.45. The van der Waals surface area contributed by atoms with E-state index in [9.17, 15) is 18.0 Å². The minimum Gasteiger partial charge on any atom is -0.352 e. The highest BCUT2D eigenvalue weighted by Crippen LogP contribution is 2.28. The summed E-state index contributed by atoms with van der Waals surface area (Å²) in [5.74, 6) is -0.832. The molecule has 10 heteroatoms. The molecule has 0 aromatic heterocycles. The number of rotatable bonds is 13. The van der Waals surface area contributed by atoms with Gasteiger partial charge in [0.1, 0.15) is 12.6 Å². The van der Waals surface area contributed by atoms with E-state index >= 15 is 0 Å². The molecule has 1 aliphatic rings. The first-order valence-corrected chi connectivity index (χ1v) is 18.1. The maximum Gasteiger partial charge on any atom is 0.264 e. The number of sulfonamides is 1. The molecule has 1 aliphatic carbocycles. The summed E-state index contributed by atoms with van der Waals surface area (Å²) in [6, 6.07) is 28.7. The highest BCUT2D eigenvalue weighted by molar-refractivity contribution is 7.92. The van der Waals surface area contributed by atoms with Gasteiger partial charge in [-0.3, -0.25) is 13.9 Å². The molecule has 0 radical (unpaired) electrons. The molecule has 1 fully saturated rings. The zero-order valence-corrected chi connectivity index (χ0v) is 28.6. The highest BCUT2D eigenvalue weighted by Gasteiger charge is 2.35. The summed E-state index contributed by atoms with van der Waals surface area (Å²) in [5.41, 5.74) is 2.82. The second-order valence-corrected chi connectivity index (χ2v) is 14.5. The first-order valence-electron chi connectivity index (χ1n) is 15.9. The molecule has 0 spiro atoms. The molecule has 1 atom stereocenters. The number of halogens is 2. The van der Waals surface area contributed by atoms with E-state index in [0.29, 0.717) is 21.3 Å². The number of hydrogen-bond donors (Lipinski definition) is 1. The van der Waals surface area contributed by atoms with Gasteiger partial charge in [0, 0.05) is 29.1 Å². The fourth-order valence-electron chi connectivity index (χ4n) is 5.90. The van der Waals surface area contributed by atoms with Crippen molar-refractivity contribution in [3.05, 3.63) is 130 Å². The lowest BCUT2D eigenvalue weighted by Gasteiger charge is -2.34. The van der Waals surface area contributed by atoms with E-state index < -0.39 is 28.5 Å². The maximum atomic E-state index is 14.7. The van der Waals surface area contributed by atoms with Crippen LogP contribution >= 0.6 is 23.2 Å². The fraction of sp³-hybridized carbons (Fsp3) is 0.297. The lowest BCUT2D eigenvalue weighted by atomic mass is 10.0. The molecule has 1 N–H and O–H groups in total. The van der Waals surface area contributed by atoms with Gasteiger partial charge in [-0.2, -0.15) is 0 Å². The SMILES string of the molecule is CCc1ccc(N(CC(=O)N(Cc2ccc(Cl)cc2Cl)C(Cc2ccccc2)C(=O)NC2CCCC2)S(=O)(=O)c2ccccc2)cc1. The molecule has 246 valence electrons. The van der Waals surface area contributed by atoms with Crippen LogP contribution in [0.2, 0.25) is 10.0 Å². The number of nitrogens with one attached hydrogen (secondary N) is 1. The molecular formula is C37H39Cl2N3O4S. The summed E-state index contributed by atoms with van der Waals surface area (Å²) in [7, 11) is -4.17. The number of amides is 2. The van der Waals surface area contributed by atoms with E-state index in [1.54, 1.807) is 48.5 Å². The van der Waals surface area contributed by atoms with Gasteiger partial charge in [0.2, 0.25) is 11.8 Å². The molecule has 4 aromatic rings. The van der Waals surface area contributed by atoms with Gasteiger partial charge in [-0.1, -0.05) is 110 Å². The average Bonchev–Trinajstić information content (AvgIpc) is 3.60. The molecule has 0 saturated heterocycles. The maximum absolute atomic E-state index is 14.7. The number of carbonyl (C=O) groups excluding carboxylic acids is 2. The van der Waals surface area contributed by atoms with Gasteiger partial charge in [-0.25, -0.2) is 8.42 Å². The minimum atomic E-state index is -4.17. The van der Waals surface area contributed by atoms with Gasteiger partial charge < -0.3 is 10.2 Å². The van der Waals surface area contributed by atoms with Crippen LogP contribution in [0.1, 0.15) is 49.3 Å². The fourth-order valence-corrected chi connectivity index (χ4v) is 7.80. The Kier molecular flexibility index (Phi) is 11.6. The van der Waals surface area contributed by atoms with Crippen LogP contribution in [-0.2, 0) is 39.0 Å². The van der Waals surface area contributed by atoms with Crippen LogP contribution in [0.5, 0.6) is 0 Å². The summed E-state index contributed by atoms with van der Waals surface area (Å²) in [4.78, 5) is 30.3. The van der Waals surface area contributed by atoms with Crippen LogP contribution in [0.4, 0.5) is 5.69 Å². The number of nitrogens with zero attached hydrogens (tertiary/aromatic N) is 2. The summed E-state index contributed by atoms with van der Waals surface area (Å²) >= 11 is 12.8. The van der Waals surface area contributed by atoms with Crippen molar-refractivity contribution in [2.45, 2.75) is 69.0 Å². The lowest BCUT2D eigenvalue weighted by molar-refractivity contribution is -0.140. The largest absolute Gasteiger partial charge is 0.352 e. The molecule has 1 unspecified atom stereocenters. The first kappa shape index (κ1) is 34.5. The molecule has 4 aromatic carbocycles. The summed E-state index contributed by atoms with van der Waals surface area (Å²) in [6.07, 6.45) is 4.81. The Hall–Kier alpha value is -3.85. The monoisotopic (exact) mass is 691 g/mol. The van der Waals surface area contributed by atoms with Crippen molar-refractivity contribution in [2.75, 3.05) is 10.8 Å². The van der Waals surface area contributed by atoms with Gasteiger partial charge in [-0.05, 0) is 72.4 Å². The Labute approximate surface area is 287 Å². The van der Waals surface area contributed by atoms with Gasteiger partial charge >= 0.3 is 0 Å². The molecule has 7 nitrogen and oxygen atoms in total. The minimum absolute atomic E-state index is 0.0175. The Morgan fingerprint density at radius 2 is 1.49 bits per heavy atom. The topological polar surface area (TPSA) is 86.8 Å². The molecule has 1 saturated carbocycles. The molecular weight excluding hydrogens is 653 g/mol. The smallest absolute Gasteiger partial charge is 0.264 e. The van der Waals surface area contributed by atoms with E-state index in [-0.39, 0.29) is 29.8 Å². The van der Waals surface area contributed by atoms with Crippen molar-refractivity contribution in [1.82, 2.24) is 10.2 Å². The van der Waals surface area contributed by atoms with Crippen LogP contribution in [0.15, 0.2) is 108 Å². The Bertz CT molecular complexity index is 1760. The van der Waals surface area contributed by atoms with Crippen molar-refractivity contribution in [3.8, 4) is 0 Å². The number of aryl methyl sites for hydroxylation is 1. The second-order valence-electron chi connectivity index (χ2n) is 11.8. The number of benzene rings is 4. The Morgan fingerprint density at radius 3 is 2.11 bits per heavy atom. The molecule has 0 bridgehead atoms. The van der Waals surface area contributed by atoms with Crippen molar-refractivity contribution < 1.29 is 18.0 Å². The highest BCUT2D eigenvalue weighted by atomic mass is 35.5. The predicted molar refractivity (Wildman–Crippen MR) is 188 cm³/mol. The van der Waals surface area contributed by atoms with Crippen LogP contribution < -0.4 is 9.62 Å². The Morgan fingerprint density at radius 1 is 0.851 bits per heavy atom. The van der Waals surface area contributed by atoms with Crippen LogP contribution in [0.3, 0.4) is 0 Å². The normalized spacial score (nSPS) is 14.0. The van der Waals surface area contributed by atoms with E-state index in [0.717, 1.165) is 47.5 Å². The van der Waals surface area contributed by atoms with Crippen LogP contribution in [0.25, 0.3) is 0 Å². The number of hydrogen-bond acceptors (Lipinski definition) is 4. The molecule has 0 heterocycles. The summed E-state index contributed by atoms with van der Waals surface area (Å²) < 4.78 is 29.4. The zero-order valence-electron chi connectivity index (χ0n) is 26.3. The second kappa shape index (κ2) is 15.8. The van der Waals surface area contributed by atoms with E-state index in [1.165, 1.54) is 17.0 Å². The van der Waals surface area contributed by atoms with Crippen molar-refractivity contribution in [3.63, 3.8) is 0 Å². The zero-order chi connectivity index (χ0) is 33.4. The Balaban J connectivity index is 1.58.